The lowest BCUT2D eigenvalue weighted by Gasteiger charge is -2.39. The van der Waals surface area contributed by atoms with E-state index in [1.165, 1.54) is 25.0 Å². The van der Waals surface area contributed by atoms with Crippen LogP contribution in [0, 0.1) is 18.7 Å². The Hall–Kier alpha value is -3.03. The lowest BCUT2D eigenvalue weighted by Crippen LogP contribution is -2.46. The van der Waals surface area contributed by atoms with E-state index in [0.717, 1.165) is 25.0 Å². The fraction of sp³-hybridized carbons (Fsp3) is 0.455. The Bertz CT molecular complexity index is 1050. The minimum absolute atomic E-state index is 0.0421. The molecule has 5 rings (SSSR count). The molecule has 2 aromatic heterocycles. The number of H-pyrrole nitrogens is 1. The highest BCUT2D eigenvalue weighted by Gasteiger charge is 2.45. The number of halogens is 1. The molecule has 8 heteroatoms. The van der Waals surface area contributed by atoms with Gasteiger partial charge in [-0.2, -0.15) is 10.1 Å². The zero-order valence-corrected chi connectivity index (χ0v) is 16.9. The first-order chi connectivity index (χ1) is 14.5. The van der Waals surface area contributed by atoms with Gasteiger partial charge in [0.15, 0.2) is 5.82 Å². The second-order valence-corrected chi connectivity index (χ2v) is 8.59. The van der Waals surface area contributed by atoms with Gasteiger partial charge in [-0.25, -0.2) is 4.39 Å². The van der Waals surface area contributed by atoms with Gasteiger partial charge in [-0.05, 0) is 62.4 Å². The summed E-state index contributed by atoms with van der Waals surface area (Å²) < 4.78 is 18.8. The number of nitrogens with one attached hydrogen (secondary N) is 1. The molecular formula is C22H24FN5O2. The monoisotopic (exact) mass is 409 g/mol. The van der Waals surface area contributed by atoms with Gasteiger partial charge in [0.1, 0.15) is 11.5 Å². The van der Waals surface area contributed by atoms with Crippen molar-refractivity contribution in [3.8, 4) is 11.5 Å². The molecule has 1 amide bonds. The van der Waals surface area contributed by atoms with E-state index in [-0.39, 0.29) is 17.1 Å². The van der Waals surface area contributed by atoms with Crippen LogP contribution >= 0.6 is 0 Å². The van der Waals surface area contributed by atoms with Crippen LogP contribution in [0.2, 0.25) is 0 Å². The van der Waals surface area contributed by atoms with E-state index in [0.29, 0.717) is 42.0 Å². The van der Waals surface area contributed by atoms with Crippen LogP contribution in [0.15, 0.2) is 34.9 Å². The van der Waals surface area contributed by atoms with E-state index in [9.17, 15) is 9.18 Å². The van der Waals surface area contributed by atoms with Crippen LogP contribution in [-0.2, 0) is 5.41 Å². The third kappa shape index (κ3) is 3.62. The first kappa shape index (κ1) is 19.0. The SMILES string of the molecule is Cc1cc(C(=O)N2CCC(CC3CC3)(c3noc(-c4ccc(F)cc4)n3)CC2)n[nH]1. The van der Waals surface area contributed by atoms with Crippen molar-refractivity contribution < 1.29 is 13.7 Å². The Morgan fingerprint density at radius 1 is 1.27 bits per heavy atom. The van der Waals surface area contributed by atoms with Gasteiger partial charge in [0.05, 0.1) is 0 Å². The van der Waals surface area contributed by atoms with Gasteiger partial charge < -0.3 is 9.42 Å². The summed E-state index contributed by atoms with van der Waals surface area (Å²) in [5.41, 5.74) is 1.85. The van der Waals surface area contributed by atoms with Crippen LogP contribution in [0.4, 0.5) is 4.39 Å². The second kappa shape index (κ2) is 7.34. The molecule has 1 N–H and O–H groups in total. The van der Waals surface area contributed by atoms with Gasteiger partial charge in [-0.15, -0.1) is 0 Å². The van der Waals surface area contributed by atoms with Crippen molar-refractivity contribution in [1.29, 1.82) is 0 Å². The number of benzene rings is 1. The maximum absolute atomic E-state index is 13.2. The molecule has 1 saturated carbocycles. The zero-order valence-electron chi connectivity index (χ0n) is 16.9. The molecule has 1 saturated heterocycles. The summed E-state index contributed by atoms with van der Waals surface area (Å²) >= 11 is 0. The smallest absolute Gasteiger partial charge is 0.274 e. The number of aromatic nitrogens is 4. The molecule has 0 bridgehead atoms. The molecule has 1 aromatic carbocycles. The van der Waals surface area contributed by atoms with Crippen LogP contribution in [0.3, 0.4) is 0 Å². The molecular weight excluding hydrogens is 385 g/mol. The average molecular weight is 409 g/mol. The summed E-state index contributed by atoms with van der Waals surface area (Å²) in [4.78, 5) is 19.3. The summed E-state index contributed by atoms with van der Waals surface area (Å²) in [6.45, 7) is 3.16. The number of hydrogen-bond donors (Lipinski definition) is 1. The maximum Gasteiger partial charge on any atom is 0.274 e. The molecule has 2 aliphatic rings. The molecule has 1 aliphatic carbocycles. The van der Waals surface area contributed by atoms with E-state index in [4.69, 9.17) is 9.51 Å². The van der Waals surface area contributed by atoms with Crippen molar-refractivity contribution in [3.05, 3.63) is 53.4 Å². The van der Waals surface area contributed by atoms with Crippen LogP contribution < -0.4 is 0 Å². The van der Waals surface area contributed by atoms with Gasteiger partial charge in [0.25, 0.3) is 11.8 Å². The quantitative estimate of drug-likeness (QED) is 0.691. The molecule has 7 nitrogen and oxygen atoms in total. The number of nitrogens with zero attached hydrogens (tertiary/aromatic N) is 4. The summed E-state index contributed by atoms with van der Waals surface area (Å²) in [5.74, 6) is 1.46. The van der Waals surface area contributed by atoms with E-state index < -0.39 is 0 Å². The Kier molecular flexibility index (Phi) is 4.64. The van der Waals surface area contributed by atoms with Crippen molar-refractivity contribution in [1.82, 2.24) is 25.2 Å². The summed E-state index contributed by atoms with van der Waals surface area (Å²) in [5, 5.41) is 11.3. The van der Waals surface area contributed by atoms with Crippen molar-refractivity contribution in [2.45, 2.75) is 44.4 Å². The van der Waals surface area contributed by atoms with Crippen LogP contribution in [-0.4, -0.2) is 44.2 Å². The minimum atomic E-state index is -0.298. The molecule has 3 aromatic rings. The van der Waals surface area contributed by atoms with Crippen LogP contribution in [0.1, 0.15) is 54.1 Å². The van der Waals surface area contributed by atoms with E-state index >= 15 is 0 Å². The first-order valence-corrected chi connectivity index (χ1v) is 10.4. The minimum Gasteiger partial charge on any atom is -0.337 e. The van der Waals surface area contributed by atoms with Gasteiger partial charge in [0.2, 0.25) is 0 Å². The normalized spacial score (nSPS) is 18.5. The number of carbonyl (C=O) groups excluding carboxylic acids is 1. The topological polar surface area (TPSA) is 87.9 Å². The third-order valence-electron chi connectivity index (χ3n) is 6.30. The molecule has 0 atom stereocenters. The summed E-state index contributed by atoms with van der Waals surface area (Å²) in [6.07, 6.45) is 5.07. The third-order valence-corrected chi connectivity index (χ3v) is 6.30. The Morgan fingerprint density at radius 3 is 2.63 bits per heavy atom. The predicted octanol–water partition coefficient (Wildman–Crippen LogP) is 3.88. The van der Waals surface area contributed by atoms with E-state index in [1.807, 2.05) is 11.8 Å². The molecule has 3 heterocycles. The lowest BCUT2D eigenvalue weighted by atomic mass is 9.73. The van der Waals surface area contributed by atoms with Crippen LogP contribution in [0.25, 0.3) is 11.5 Å². The van der Waals surface area contributed by atoms with Gasteiger partial charge in [-0.1, -0.05) is 18.0 Å². The molecule has 0 spiro atoms. The fourth-order valence-corrected chi connectivity index (χ4v) is 4.37. The van der Waals surface area contributed by atoms with Gasteiger partial charge >= 0.3 is 0 Å². The Morgan fingerprint density at radius 2 is 2.00 bits per heavy atom. The Labute approximate surface area is 173 Å². The van der Waals surface area contributed by atoms with Gasteiger partial charge in [0, 0.05) is 29.8 Å². The van der Waals surface area contributed by atoms with E-state index in [1.54, 1.807) is 18.2 Å². The fourth-order valence-electron chi connectivity index (χ4n) is 4.37. The zero-order chi connectivity index (χ0) is 20.7. The highest BCUT2D eigenvalue weighted by atomic mass is 19.1. The van der Waals surface area contributed by atoms with Crippen molar-refractivity contribution in [3.63, 3.8) is 0 Å². The average Bonchev–Trinajstić information content (AvgIpc) is 3.24. The first-order valence-electron chi connectivity index (χ1n) is 10.4. The number of amides is 1. The van der Waals surface area contributed by atoms with Gasteiger partial charge in [-0.3, -0.25) is 9.89 Å². The van der Waals surface area contributed by atoms with Crippen LogP contribution in [0.5, 0.6) is 0 Å². The number of aryl methyl sites for hydroxylation is 1. The number of aromatic amines is 1. The summed E-state index contributed by atoms with van der Waals surface area (Å²) in [7, 11) is 0. The molecule has 0 unspecified atom stereocenters. The van der Waals surface area contributed by atoms with Crippen molar-refractivity contribution >= 4 is 5.91 Å². The highest BCUT2D eigenvalue weighted by molar-refractivity contribution is 5.92. The largest absolute Gasteiger partial charge is 0.337 e. The maximum atomic E-state index is 13.2. The Balaban J connectivity index is 1.36. The molecule has 1 aliphatic heterocycles. The van der Waals surface area contributed by atoms with Crippen molar-refractivity contribution in [2.75, 3.05) is 13.1 Å². The lowest BCUT2D eigenvalue weighted by molar-refractivity contribution is 0.0639. The highest BCUT2D eigenvalue weighted by Crippen LogP contribution is 2.47. The molecule has 0 radical (unpaired) electrons. The standard InChI is InChI=1S/C22H24FN5O2/c1-14-12-18(26-25-14)20(29)28-10-8-22(9-11-28,13-15-2-3-15)21-24-19(30-27-21)16-4-6-17(23)7-5-16/h4-7,12,15H,2-3,8-11,13H2,1H3,(H,25,26). The van der Waals surface area contributed by atoms with Crippen molar-refractivity contribution in [2.24, 2.45) is 5.92 Å². The number of piperidine rings is 1. The van der Waals surface area contributed by atoms with E-state index in [2.05, 4.69) is 15.4 Å². The second-order valence-electron chi connectivity index (χ2n) is 8.59. The summed E-state index contributed by atoms with van der Waals surface area (Å²) in [6, 6.07) is 7.85. The number of hydrogen-bond acceptors (Lipinski definition) is 5. The number of likely N-dealkylation sites (tertiary alicyclic amines) is 1. The predicted molar refractivity (Wildman–Crippen MR) is 107 cm³/mol. The molecule has 2 fully saturated rings. The molecule has 156 valence electrons. The number of carbonyl (C=O) groups is 1. The number of rotatable bonds is 5. The molecule has 30 heavy (non-hydrogen) atoms.